The molecule has 0 saturated carbocycles. The lowest BCUT2D eigenvalue weighted by Crippen LogP contribution is -2.42. The van der Waals surface area contributed by atoms with Crippen molar-refractivity contribution in [2.45, 2.75) is 45.6 Å². The zero-order chi connectivity index (χ0) is 20.9. The molecule has 0 unspecified atom stereocenters. The van der Waals surface area contributed by atoms with Crippen LogP contribution in [0.5, 0.6) is 0 Å². The molecule has 2 amide bonds. The van der Waals surface area contributed by atoms with Crippen molar-refractivity contribution in [3.05, 3.63) is 24.3 Å². The molecule has 2 aliphatic rings. The molecule has 1 N–H and O–H groups in total. The summed E-state index contributed by atoms with van der Waals surface area (Å²) in [4.78, 5) is 28.7. The first kappa shape index (κ1) is 21.4. The van der Waals surface area contributed by atoms with E-state index in [0.717, 1.165) is 50.5 Å². The number of nitrogens with one attached hydrogen (secondary N) is 1. The molecular formula is C22H33N3O4. The van der Waals surface area contributed by atoms with Gasteiger partial charge in [-0.3, -0.25) is 4.79 Å². The van der Waals surface area contributed by atoms with E-state index in [1.54, 1.807) is 4.90 Å². The Kier molecular flexibility index (Phi) is 7.00. The number of anilines is 2. The average Bonchev–Trinajstić information content (AvgIpc) is 2.68. The van der Waals surface area contributed by atoms with Crippen LogP contribution >= 0.6 is 0 Å². The summed E-state index contributed by atoms with van der Waals surface area (Å²) in [5.41, 5.74) is 1.45. The molecule has 7 heteroatoms. The second-order valence-corrected chi connectivity index (χ2v) is 8.81. The molecule has 0 bridgehead atoms. The van der Waals surface area contributed by atoms with Crippen LogP contribution in [0.15, 0.2) is 24.3 Å². The largest absolute Gasteiger partial charge is 0.444 e. The highest BCUT2D eigenvalue weighted by atomic mass is 16.6. The molecule has 7 nitrogen and oxygen atoms in total. The first-order valence-corrected chi connectivity index (χ1v) is 10.5. The standard InChI is InChI=1S/C22H33N3O4/c1-22(2,3)29-21(27)25-9-7-17(8-10-25)15-20(26)23-18-5-4-6-19(16-18)24-11-13-28-14-12-24/h4-6,16-17H,7-15H2,1-3H3,(H,23,26). The van der Waals surface area contributed by atoms with Gasteiger partial charge in [0.2, 0.25) is 5.91 Å². The fourth-order valence-electron chi connectivity index (χ4n) is 3.72. The summed E-state index contributed by atoms with van der Waals surface area (Å²) >= 11 is 0. The van der Waals surface area contributed by atoms with Crippen LogP contribution in [0.3, 0.4) is 0 Å². The van der Waals surface area contributed by atoms with Crippen LogP contribution in [-0.2, 0) is 14.3 Å². The number of nitrogens with zero attached hydrogens (tertiary/aromatic N) is 2. The van der Waals surface area contributed by atoms with Crippen molar-refractivity contribution < 1.29 is 19.1 Å². The van der Waals surface area contributed by atoms with Gasteiger partial charge in [0.1, 0.15) is 5.60 Å². The average molecular weight is 404 g/mol. The number of likely N-dealkylation sites (tertiary alicyclic amines) is 1. The highest BCUT2D eigenvalue weighted by Gasteiger charge is 2.27. The smallest absolute Gasteiger partial charge is 0.410 e. The molecule has 0 atom stereocenters. The minimum Gasteiger partial charge on any atom is -0.444 e. The van der Waals surface area contributed by atoms with Gasteiger partial charge in [0.15, 0.2) is 0 Å². The van der Waals surface area contributed by atoms with E-state index in [9.17, 15) is 9.59 Å². The van der Waals surface area contributed by atoms with Gasteiger partial charge in [-0.15, -0.1) is 0 Å². The number of amides is 2. The van der Waals surface area contributed by atoms with Crippen LogP contribution in [0.4, 0.5) is 16.2 Å². The van der Waals surface area contributed by atoms with Crippen LogP contribution < -0.4 is 10.2 Å². The number of piperidine rings is 1. The van der Waals surface area contributed by atoms with Crippen molar-refractivity contribution in [1.82, 2.24) is 4.90 Å². The van der Waals surface area contributed by atoms with Crippen LogP contribution in [-0.4, -0.2) is 61.9 Å². The van der Waals surface area contributed by atoms with Gasteiger partial charge in [-0.05, 0) is 57.7 Å². The molecule has 2 fully saturated rings. The maximum Gasteiger partial charge on any atom is 0.410 e. The number of hydrogen-bond donors (Lipinski definition) is 1. The highest BCUT2D eigenvalue weighted by molar-refractivity contribution is 5.91. The molecule has 160 valence electrons. The lowest BCUT2D eigenvalue weighted by Gasteiger charge is -2.33. The van der Waals surface area contributed by atoms with Gasteiger partial charge in [0.05, 0.1) is 13.2 Å². The molecule has 1 aromatic carbocycles. The number of benzene rings is 1. The summed E-state index contributed by atoms with van der Waals surface area (Å²) in [5, 5.41) is 3.03. The van der Waals surface area contributed by atoms with Gasteiger partial charge in [-0.25, -0.2) is 4.79 Å². The molecule has 1 aromatic rings. The van der Waals surface area contributed by atoms with Gasteiger partial charge < -0.3 is 24.6 Å². The van der Waals surface area contributed by atoms with Crippen LogP contribution in [0, 0.1) is 5.92 Å². The molecular weight excluding hydrogens is 370 g/mol. The topological polar surface area (TPSA) is 71.1 Å². The van der Waals surface area contributed by atoms with Gasteiger partial charge in [0, 0.05) is 44.0 Å². The predicted molar refractivity (Wildman–Crippen MR) is 113 cm³/mol. The molecule has 29 heavy (non-hydrogen) atoms. The molecule has 0 aliphatic carbocycles. The second kappa shape index (κ2) is 9.48. The van der Waals surface area contributed by atoms with Crippen molar-refractivity contribution in [1.29, 1.82) is 0 Å². The Morgan fingerprint density at radius 3 is 2.48 bits per heavy atom. The van der Waals surface area contributed by atoms with E-state index in [1.165, 1.54) is 0 Å². The van der Waals surface area contributed by atoms with Crippen molar-refractivity contribution in [3.8, 4) is 0 Å². The first-order valence-electron chi connectivity index (χ1n) is 10.5. The molecule has 2 aliphatic heterocycles. The van der Waals surface area contributed by atoms with E-state index in [1.807, 2.05) is 39.0 Å². The molecule has 3 rings (SSSR count). The normalized spacial score (nSPS) is 18.4. The number of carbonyl (C=O) groups is 2. The first-order chi connectivity index (χ1) is 13.8. The van der Waals surface area contributed by atoms with Crippen LogP contribution in [0.2, 0.25) is 0 Å². The lowest BCUT2D eigenvalue weighted by molar-refractivity contribution is -0.117. The summed E-state index contributed by atoms with van der Waals surface area (Å²) in [7, 11) is 0. The summed E-state index contributed by atoms with van der Waals surface area (Å²) in [5.74, 6) is 0.316. The molecule has 0 spiro atoms. The van der Waals surface area contributed by atoms with E-state index in [2.05, 4.69) is 16.3 Å². The number of rotatable bonds is 4. The van der Waals surface area contributed by atoms with Crippen molar-refractivity contribution in [2.24, 2.45) is 5.92 Å². The molecule has 0 aromatic heterocycles. The Morgan fingerprint density at radius 1 is 1.14 bits per heavy atom. The minimum absolute atomic E-state index is 0.0276. The third kappa shape index (κ3) is 6.63. The quantitative estimate of drug-likeness (QED) is 0.833. The van der Waals surface area contributed by atoms with Gasteiger partial charge in [-0.1, -0.05) is 6.07 Å². The fraction of sp³-hybridized carbons (Fsp3) is 0.636. The summed E-state index contributed by atoms with van der Waals surface area (Å²) in [6.07, 6.45) is 1.85. The summed E-state index contributed by atoms with van der Waals surface area (Å²) in [6.45, 7) is 10.1. The molecule has 2 heterocycles. The number of ether oxygens (including phenoxy) is 2. The molecule has 2 saturated heterocycles. The SMILES string of the molecule is CC(C)(C)OC(=O)N1CCC(CC(=O)Nc2cccc(N3CCOCC3)c2)CC1. The Balaban J connectivity index is 1.45. The summed E-state index contributed by atoms with van der Waals surface area (Å²) < 4.78 is 10.8. The van der Waals surface area contributed by atoms with Gasteiger partial charge >= 0.3 is 6.09 Å². The van der Waals surface area contributed by atoms with Gasteiger partial charge in [-0.2, -0.15) is 0 Å². The Labute approximate surface area is 173 Å². The lowest BCUT2D eigenvalue weighted by atomic mass is 9.93. The number of hydrogen-bond acceptors (Lipinski definition) is 5. The Bertz CT molecular complexity index is 702. The predicted octanol–water partition coefficient (Wildman–Crippen LogP) is 3.50. The van der Waals surface area contributed by atoms with Crippen molar-refractivity contribution in [2.75, 3.05) is 49.6 Å². The zero-order valence-corrected chi connectivity index (χ0v) is 17.8. The van der Waals surface area contributed by atoms with E-state index in [4.69, 9.17) is 9.47 Å². The van der Waals surface area contributed by atoms with Crippen molar-refractivity contribution >= 4 is 23.4 Å². The Morgan fingerprint density at radius 2 is 1.83 bits per heavy atom. The second-order valence-electron chi connectivity index (χ2n) is 8.81. The molecule has 0 radical (unpaired) electrons. The summed E-state index contributed by atoms with van der Waals surface area (Å²) in [6, 6.07) is 7.98. The van der Waals surface area contributed by atoms with Crippen LogP contribution in [0.25, 0.3) is 0 Å². The maximum atomic E-state index is 12.5. The maximum absolute atomic E-state index is 12.5. The van der Waals surface area contributed by atoms with E-state index < -0.39 is 5.60 Å². The zero-order valence-electron chi connectivity index (χ0n) is 17.8. The third-order valence-corrected chi connectivity index (χ3v) is 5.25. The monoisotopic (exact) mass is 403 g/mol. The van der Waals surface area contributed by atoms with Crippen LogP contribution in [0.1, 0.15) is 40.0 Å². The Hall–Kier alpha value is -2.28. The minimum atomic E-state index is -0.483. The van der Waals surface area contributed by atoms with Crippen molar-refractivity contribution in [3.63, 3.8) is 0 Å². The third-order valence-electron chi connectivity index (χ3n) is 5.25. The number of carbonyl (C=O) groups excluding carboxylic acids is 2. The van der Waals surface area contributed by atoms with E-state index >= 15 is 0 Å². The van der Waals surface area contributed by atoms with E-state index in [0.29, 0.717) is 19.5 Å². The fourth-order valence-corrected chi connectivity index (χ4v) is 3.72. The van der Waals surface area contributed by atoms with E-state index in [-0.39, 0.29) is 17.9 Å². The highest BCUT2D eigenvalue weighted by Crippen LogP contribution is 2.24. The number of morpholine rings is 1. The van der Waals surface area contributed by atoms with Gasteiger partial charge in [0.25, 0.3) is 0 Å².